The Kier molecular flexibility index (Phi) is 8.08. The first-order chi connectivity index (χ1) is 14.5. The molecule has 0 aliphatic carbocycles. The van der Waals surface area contributed by atoms with Gasteiger partial charge in [0.1, 0.15) is 11.4 Å². The van der Waals surface area contributed by atoms with Gasteiger partial charge in [-0.1, -0.05) is 32.9 Å². The molecule has 0 saturated carbocycles. The van der Waals surface area contributed by atoms with Crippen LogP contribution in [-0.2, 0) is 23.1 Å². The van der Waals surface area contributed by atoms with Crippen LogP contribution in [0.5, 0.6) is 0 Å². The Balaban J connectivity index is 1.76. The minimum atomic E-state index is -0.524. The highest BCUT2D eigenvalue weighted by Crippen LogP contribution is 2.22. The molecule has 2 rings (SSSR count). The lowest BCUT2D eigenvalue weighted by atomic mass is 9.94. The number of hydrogen-bond donors (Lipinski definition) is 3. The molecule has 0 aliphatic rings. The molecule has 0 fully saturated rings. The van der Waals surface area contributed by atoms with E-state index in [2.05, 4.69) is 46.7 Å². The van der Waals surface area contributed by atoms with Gasteiger partial charge >= 0.3 is 6.09 Å². The van der Waals surface area contributed by atoms with Crippen molar-refractivity contribution in [3.63, 3.8) is 0 Å². The monoisotopic (exact) mass is 429 g/mol. The average Bonchev–Trinajstić information content (AvgIpc) is 3.14. The fourth-order valence-electron chi connectivity index (χ4n) is 2.62. The Morgan fingerprint density at radius 3 is 2.32 bits per heavy atom. The van der Waals surface area contributed by atoms with Crippen LogP contribution in [0.3, 0.4) is 0 Å². The van der Waals surface area contributed by atoms with E-state index in [1.165, 1.54) is 0 Å². The zero-order valence-corrected chi connectivity index (χ0v) is 19.6. The molecule has 0 bridgehead atoms. The number of nitrogens with zero attached hydrogens (tertiary/aromatic N) is 2. The van der Waals surface area contributed by atoms with E-state index < -0.39 is 11.7 Å². The Labute approximate surface area is 184 Å². The lowest BCUT2D eigenvalue weighted by molar-refractivity contribution is 0.0636. The summed E-state index contributed by atoms with van der Waals surface area (Å²) >= 11 is 0. The van der Waals surface area contributed by atoms with E-state index >= 15 is 0 Å². The molecule has 0 saturated heterocycles. The van der Waals surface area contributed by atoms with Crippen molar-refractivity contribution < 1.29 is 13.9 Å². The molecular formula is C23H35N5O3. The highest BCUT2D eigenvalue weighted by atomic mass is 16.6. The maximum atomic E-state index is 11.8. The maximum absolute atomic E-state index is 11.8. The zero-order chi connectivity index (χ0) is 23.1. The molecule has 0 unspecified atom stereocenters. The largest absolute Gasteiger partial charge is 0.444 e. The Morgan fingerprint density at radius 1 is 1.10 bits per heavy atom. The summed E-state index contributed by atoms with van der Waals surface area (Å²) in [6.07, 6.45) is 2.12. The predicted molar refractivity (Wildman–Crippen MR) is 123 cm³/mol. The number of ether oxygens (including phenoxy) is 1. The van der Waals surface area contributed by atoms with Crippen molar-refractivity contribution in [2.24, 2.45) is 4.99 Å². The van der Waals surface area contributed by atoms with Gasteiger partial charge in [-0.05, 0) is 44.9 Å². The summed E-state index contributed by atoms with van der Waals surface area (Å²) in [7, 11) is 1.72. The quantitative estimate of drug-likeness (QED) is 0.469. The number of carbonyl (C=O) groups is 1. The summed E-state index contributed by atoms with van der Waals surface area (Å²) in [5.74, 6) is 2.16. The lowest BCUT2D eigenvalue weighted by Crippen LogP contribution is -2.37. The van der Waals surface area contributed by atoms with Crippen molar-refractivity contribution in [2.75, 3.05) is 18.9 Å². The molecule has 1 amide bonds. The van der Waals surface area contributed by atoms with Gasteiger partial charge in [-0.25, -0.2) is 9.78 Å². The van der Waals surface area contributed by atoms with E-state index in [1.807, 2.05) is 45.0 Å². The summed E-state index contributed by atoms with van der Waals surface area (Å²) < 4.78 is 11.0. The van der Waals surface area contributed by atoms with E-state index in [1.54, 1.807) is 13.2 Å². The smallest absolute Gasteiger partial charge is 0.412 e. The predicted octanol–water partition coefficient (Wildman–Crippen LogP) is 4.23. The third-order valence-electron chi connectivity index (χ3n) is 4.23. The van der Waals surface area contributed by atoms with Crippen LogP contribution in [0.2, 0.25) is 0 Å². The van der Waals surface area contributed by atoms with Crippen LogP contribution in [0.25, 0.3) is 0 Å². The fraction of sp³-hybridized carbons (Fsp3) is 0.522. The van der Waals surface area contributed by atoms with Crippen LogP contribution in [0.1, 0.15) is 58.8 Å². The molecule has 0 atom stereocenters. The molecule has 2 aromatic rings. The van der Waals surface area contributed by atoms with Gasteiger partial charge in [0.25, 0.3) is 0 Å². The molecule has 170 valence electrons. The molecule has 0 spiro atoms. The maximum Gasteiger partial charge on any atom is 0.412 e. The van der Waals surface area contributed by atoms with Gasteiger partial charge in [-0.2, -0.15) is 0 Å². The van der Waals surface area contributed by atoms with E-state index in [-0.39, 0.29) is 5.41 Å². The molecule has 8 heteroatoms. The second kappa shape index (κ2) is 10.3. The summed E-state index contributed by atoms with van der Waals surface area (Å²) in [6, 6.07) is 7.68. The number of rotatable bonds is 6. The van der Waals surface area contributed by atoms with Crippen molar-refractivity contribution in [1.82, 2.24) is 15.6 Å². The van der Waals surface area contributed by atoms with Crippen LogP contribution < -0.4 is 16.0 Å². The van der Waals surface area contributed by atoms with Gasteiger partial charge in [0.15, 0.2) is 5.96 Å². The van der Waals surface area contributed by atoms with Crippen LogP contribution in [0.4, 0.5) is 10.5 Å². The normalized spacial score (nSPS) is 12.4. The van der Waals surface area contributed by atoms with Crippen LogP contribution >= 0.6 is 0 Å². The number of hydrogen-bond acceptors (Lipinski definition) is 5. The number of benzene rings is 1. The summed E-state index contributed by atoms with van der Waals surface area (Å²) in [5, 5.41) is 9.22. The molecule has 1 aromatic carbocycles. The first-order valence-corrected chi connectivity index (χ1v) is 10.4. The van der Waals surface area contributed by atoms with Gasteiger partial charge in [-0.3, -0.25) is 10.3 Å². The first kappa shape index (κ1) is 24.2. The van der Waals surface area contributed by atoms with Crippen LogP contribution in [0.15, 0.2) is 39.9 Å². The van der Waals surface area contributed by atoms with Crippen molar-refractivity contribution in [3.05, 3.63) is 47.7 Å². The number of amides is 1. The third-order valence-corrected chi connectivity index (χ3v) is 4.23. The number of oxazole rings is 1. The Hall–Kier alpha value is -3.03. The average molecular weight is 430 g/mol. The van der Waals surface area contributed by atoms with Crippen molar-refractivity contribution in [1.29, 1.82) is 0 Å². The summed E-state index contributed by atoms with van der Waals surface area (Å²) in [4.78, 5) is 20.4. The molecule has 0 aliphatic heterocycles. The van der Waals surface area contributed by atoms with Gasteiger partial charge in [0, 0.05) is 24.7 Å². The fourth-order valence-corrected chi connectivity index (χ4v) is 2.62. The summed E-state index contributed by atoms with van der Waals surface area (Å²) in [6.45, 7) is 12.9. The molecule has 1 heterocycles. The Bertz CT molecular complexity index is 874. The van der Waals surface area contributed by atoms with Gasteiger partial charge in [0.2, 0.25) is 5.89 Å². The standard InChI is InChI=1S/C23H35N5O3/c1-22(2,3)18-14-26-19(30-18)15-27-20(24-7)25-13-12-16-8-10-17(11-9-16)28-21(29)31-23(4,5)6/h8-11,14H,12-13,15H2,1-7H3,(H,28,29)(H2,24,25,27). The molecule has 31 heavy (non-hydrogen) atoms. The number of aliphatic imine (C=N–C) groups is 1. The van der Waals surface area contributed by atoms with Crippen LogP contribution in [-0.4, -0.2) is 36.2 Å². The highest BCUT2D eigenvalue weighted by molar-refractivity contribution is 5.84. The third kappa shape index (κ3) is 8.70. The first-order valence-electron chi connectivity index (χ1n) is 10.4. The number of aromatic nitrogens is 1. The second-order valence-corrected chi connectivity index (χ2v) is 9.29. The Morgan fingerprint density at radius 2 is 1.77 bits per heavy atom. The van der Waals surface area contributed by atoms with Crippen molar-refractivity contribution >= 4 is 17.7 Å². The summed E-state index contributed by atoms with van der Waals surface area (Å²) in [5.41, 5.74) is 1.25. The van der Waals surface area contributed by atoms with E-state index in [0.717, 1.165) is 17.7 Å². The zero-order valence-electron chi connectivity index (χ0n) is 19.6. The van der Waals surface area contributed by atoms with Gasteiger partial charge < -0.3 is 19.8 Å². The minimum Gasteiger partial charge on any atom is -0.444 e. The van der Waals surface area contributed by atoms with Crippen molar-refractivity contribution in [2.45, 2.75) is 65.5 Å². The number of anilines is 1. The van der Waals surface area contributed by atoms with E-state index in [0.29, 0.717) is 30.6 Å². The molecular weight excluding hydrogens is 394 g/mol. The number of nitrogens with one attached hydrogen (secondary N) is 3. The molecule has 0 radical (unpaired) electrons. The highest BCUT2D eigenvalue weighted by Gasteiger charge is 2.19. The molecule has 8 nitrogen and oxygen atoms in total. The number of carbonyl (C=O) groups excluding carboxylic acids is 1. The van der Waals surface area contributed by atoms with E-state index in [4.69, 9.17) is 9.15 Å². The van der Waals surface area contributed by atoms with Crippen molar-refractivity contribution in [3.8, 4) is 0 Å². The SMILES string of the molecule is CN=C(NCCc1ccc(NC(=O)OC(C)(C)C)cc1)NCc1ncc(C(C)(C)C)o1. The van der Waals surface area contributed by atoms with Gasteiger partial charge in [0.05, 0.1) is 12.7 Å². The molecule has 3 N–H and O–H groups in total. The second-order valence-electron chi connectivity index (χ2n) is 9.29. The lowest BCUT2D eigenvalue weighted by Gasteiger charge is -2.19. The van der Waals surface area contributed by atoms with E-state index in [9.17, 15) is 4.79 Å². The molecule has 1 aromatic heterocycles. The van der Waals surface area contributed by atoms with Crippen LogP contribution in [0, 0.1) is 0 Å². The topological polar surface area (TPSA) is 101 Å². The van der Waals surface area contributed by atoms with Gasteiger partial charge in [-0.15, -0.1) is 0 Å². The number of guanidine groups is 1. The minimum absolute atomic E-state index is 0.0663.